The van der Waals surface area contributed by atoms with Gasteiger partial charge in [-0.2, -0.15) is 0 Å². The SMILES string of the molecule is CCC(=O)NS1(=O)=NC(=O)c2ccc3c(c2)N(C[C@@]2(CCCc4cc(Cl)ccc42)CO3)C[C@]23C[C@@]2(C)[C@H]3[C@@H](OC)/C=C/CCC1. The number of amides is 2. The van der Waals surface area contributed by atoms with Crippen molar-refractivity contribution < 1.29 is 23.3 Å². The van der Waals surface area contributed by atoms with Gasteiger partial charge in [0, 0.05) is 54.0 Å². The number of ether oxygens (including phenoxy) is 2. The lowest BCUT2D eigenvalue weighted by Gasteiger charge is -2.41. The van der Waals surface area contributed by atoms with Crippen molar-refractivity contribution in [3.63, 3.8) is 0 Å². The second kappa shape index (κ2) is 11.1. The maximum Gasteiger partial charge on any atom is 0.286 e. The molecule has 45 heavy (non-hydrogen) atoms. The van der Waals surface area contributed by atoms with Crippen LogP contribution in [0.3, 0.4) is 0 Å². The van der Waals surface area contributed by atoms with Gasteiger partial charge in [-0.15, -0.1) is 4.36 Å². The van der Waals surface area contributed by atoms with Crippen molar-refractivity contribution in [3.05, 3.63) is 70.3 Å². The van der Waals surface area contributed by atoms with Gasteiger partial charge in [-0.1, -0.05) is 43.7 Å². The van der Waals surface area contributed by atoms with Gasteiger partial charge in [0.15, 0.2) is 0 Å². The number of carbonyl (C=O) groups excluding carboxylic acids is 2. The molecular weight excluding hydrogens is 610 g/mol. The van der Waals surface area contributed by atoms with Gasteiger partial charge in [0.1, 0.15) is 15.7 Å². The van der Waals surface area contributed by atoms with Crippen LogP contribution in [0.4, 0.5) is 5.69 Å². The van der Waals surface area contributed by atoms with Gasteiger partial charge in [0.25, 0.3) is 5.91 Å². The van der Waals surface area contributed by atoms with Crippen molar-refractivity contribution in [1.82, 2.24) is 4.72 Å². The molecule has 2 saturated carbocycles. The van der Waals surface area contributed by atoms with E-state index in [1.54, 1.807) is 20.1 Å². The molecule has 5 aliphatic rings. The fraction of sp³-hybridized carbons (Fsp3) is 0.543. The minimum absolute atomic E-state index is 0.0207. The Morgan fingerprint density at radius 1 is 1.22 bits per heavy atom. The van der Waals surface area contributed by atoms with Gasteiger partial charge in [0.2, 0.25) is 5.91 Å². The maximum absolute atomic E-state index is 13.8. The van der Waals surface area contributed by atoms with Crippen LogP contribution in [-0.4, -0.2) is 54.7 Å². The van der Waals surface area contributed by atoms with E-state index in [9.17, 15) is 13.8 Å². The molecule has 10 heteroatoms. The second-order valence-corrected chi connectivity index (χ2v) is 16.4. The first kappa shape index (κ1) is 30.8. The van der Waals surface area contributed by atoms with Gasteiger partial charge >= 0.3 is 0 Å². The summed E-state index contributed by atoms with van der Waals surface area (Å²) in [4.78, 5) is 28.4. The molecule has 1 N–H and O–H groups in total. The van der Waals surface area contributed by atoms with E-state index < -0.39 is 21.7 Å². The van der Waals surface area contributed by atoms with Gasteiger partial charge < -0.3 is 14.4 Å². The molecule has 0 aromatic heterocycles. The third-order valence-electron chi connectivity index (χ3n) is 11.2. The van der Waals surface area contributed by atoms with E-state index in [1.807, 2.05) is 18.2 Å². The summed E-state index contributed by atoms with van der Waals surface area (Å²) < 4.78 is 33.3. The summed E-state index contributed by atoms with van der Waals surface area (Å²) in [6.07, 6.45) is 9.68. The van der Waals surface area contributed by atoms with Gasteiger partial charge in [-0.05, 0) is 85.4 Å². The van der Waals surface area contributed by atoms with Crippen LogP contribution >= 0.6 is 11.6 Å². The van der Waals surface area contributed by atoms with Gasteiger partial charge in [0.05, 0.1) is 24.2 Å². The summed E-state index contributed by atoms with van der Waals surface area (Å²) in [5.41, 5.74) is 3.81. The number of fused-ring (bicyclic) bond motifs is 4. The van der Waals surface area contributed by atoms with E-state index in [0.29, 0.717) is 30.9 Å². The Morgan fingerprint density at radius 3 is 2.84 bits per heavy atom. The molecule has 2 amide bonds. The van der Waals surface area contributed by atoms with Crippen LogP contribution in [-0.2, 0) is 31.3 Å². The predicted molar refractivity (Wildman–Crippen MR) is 176 cm³/mol. The van der Waals surface area contributed by atoms with Crippen molar-refractivity contribution in [3.8, 4) is 5.75 Å². The smallest absolute Gasteiger partial charge is 0.286 e. The van der Waals surface area contributed by atoms with E-state index in [1.165, 1.54) is 11.1 Å². The van der Waals surface area contributed by atoms with E-state index >= 15 is 0 Å². The molecule has 6 atom stereocenters. The van der Waals surface area contributed by atoms with Crippen LogP contribution in [0.15, 0.2) is 52.9 Å². The summed E-state index contributed by atoms with van der Waals surface area (Å²) in [5, 5.41) is 0.749. The highest BCUT2D eigenvalue weighted by Crippen LogP contribution is 2.91. The normalized spacial score (nSPS) is 35.9. The molecule has 240 valence electrons. The fourth-order valence-corrected chi connectivity index (χ4v) is 10.5. The number of nitrogens with one attached hydrogen (secondary N) is 1. The first-order chi connectivity index (χ1) is 21.6. The number of halogens is 1. The Labute approximate surface area is 271 Å². The lowest BCUT2D eigenvalue weighted by molar-refractivity contribution is -0.118. The van der Waals surface area contributed by atoms with E-state index in [4.69, 9.17) is 21.1 Å². The number of aryl methyl sites for hydroxylation is 1. The molecule has 2 fully saturated rings. The summed E-state index contributed by atoms with van der Waals surface area (Å²) in [6, 6.07) is 11.6. The van der Waals surface area contributed by atoms with E-state index in [0.717, 1.165) is 55.2 Å². The number of hydrogen-bond donors (Lipinski definition) is 1. The molecule has 7 rings (SSSR count). The highest BCUT2D eigenvalue weighted by molar-refractivity contribution is 7.92. The molecule has 1 unspecified atom stereocenters. The molecular formula is C35H42ClN3O5S. The molecule has 2 spiro atoms. The molecule has 2 aliphatic heterocycles. The van der Waals surface area contributed by atoms with Crippen molar-refractivity contribution in [1.29, 1.82) is 0 Å². The zero-order valence-corrected chi connectivity index (χ0v) is 27.8. The topological polar surface area (TPSA) is 97.3 Å². The third-order valence-corrected chi connectivity index (χ3v) is 13.3. The number of nitrogens with zero attached hydrogens (tertiary/aromatic N) is 2. The Bertz CT molecular complexity index is 1720. The Kier molecular flexibility index (Phi) is 7.61. The largest absolute Gasteiger partial charge is 0.490 e. The first-order valence-electron chi connectivity index (χ1n) is 16.2. The van der Waals surface area contributed by atoms with Crippen LogP contribution in [0.25, 0.3) is 0 Å². The average Bonchev–Trinajstić information content (AvgIpc) is 3.81. The highest BCUT2D eigenvalue weighted by Gasteiger charge is 2.89. The standard InChI is InChI=1S/C35H42ClN3O5S/c1-4-30(40)37-45(42)16-7-5-6-10-29(43-3)31-33(2)19-35(31,33)21-39-20-34(15-8-9-23-17-25(36)12-13-26(23)34)22-44-28-14-11-24(18-27(28)39)32(41)38-45/h6,10-14,17-18,29,31H,4-5,7-9,15-16,19-22H2,1-3H3,(H,37,38,40,41,42)/b10-6+/t29-,31+,33-,34-,35-,45?/m0/s1. The number of benzene rings is 2. The molecule has 8 nitrogen and oxygen atoms in total. The Balaban J connectivity index is 1.33. The molecule has 2 bridgehead atoms. The summed E-state index contributed by atoms with van der Waals surface area (Å²) in [6.45, 7) is 6.15. The maximum atomic E-state index is 13.8. The van der Waals surface area contributed by atoms with Crippen LogP contribution in [0.5, 0.6) is 5.75 Å². The minimum Gasteiger partial charge on any atom is -0.490 e. The molecule has 0 saturated heterocycles. The Morgan fingerprint density at radius 2 is 2.07 bits per heavy atom. The lowest BCUT2D eigenvalue weighted by atomic mass is 9.70. The number of rotatable bonds is 3. The van der Waals surface area contributed by atoms with E-state index in [-0.39, 0.29) is 34.5 Å². The van der Waals surface area contributed by atoms with Crippen molar-refractivity contribution in [2.45, 2.75) is 70.3 Å². The Hall–Kier alpha value is -2.88. The van der Waals surface area contributed by atoms with Gasteiger partial charge in [-0.3, -0.25) is 14.3 Å². The third kappa shape index (κ3) is 5.19. The molecule has 3 aliphatic carbocycles. The zero-order chi connectivity index (χ0) is 31.6. The number of methoxy groups -OCH3 is 1. The minimum atomic E-state index is -3.31. The van der Waals surface area contributed by atoms with Crippen LogP contribution in [0.2, 0.25) is 5.02 Å². The van der Waals surface area contributed by atoms with Crippen molar-refractivity contribution in [2.75, 3.05) is 37.5 Å². The fourth-order valence-electron chi connectivity index (χ4n) is 8.67. The van der Waals surface area contributed by atoms with Gasteiger partial charge in [-0.25, -0.2) is 4.21 Å². The van der Waals surface area contributed by atoms with Crippen molar-refractivity contribution in [2.24, 2.45) is 21.1 Å². The molecule has 0 radical (unpaired) electrons. The van der Waals surface area contributed by atoms with E-state index in [2.05, 4.69) is 45.2 Å². The zero-order valence-electron chi connectivity index (χ0n) is 26.3. The number of allylic oxidation sites excluding steroid dienone is 1. The summed E-state index contributed by atoms with van der Waals surface area (Å²) >= 11 is 6.44. The second-order valence-electron chi connectivity index (χ2n) is 13.9. The van der Waals surface area contributed by atoms with Crippen LogP contribution in [0, 0.1) is 16.7 Å². The predicted octanol–water partition coefficient (Wildman–Crippen LogP) is 6.25. The molecule has 2 aromatic rings. The first-order valence-corrected chi connectivity index (χ1v) is 18.2. The van der Waals surface area contributed by atoms with Crippen LogP contribution in [0.1, 0.15) is 73.9 Å². The molecule has 2 heterocycles. The summed E-state index contributed by atoms with van der Waals surface area (Å²) in [5.74, 6) is 0.201. The number of carbonyl (C=O) groups is 2. The van der Waals surface area contributed by atoms with Crippen LogP contribution < -0.4 is 14.4 Å². The molecule has 2 aromatic carbocycles. The number of hydrogen-bond acceptors (Lipinski definition) is 6. The summed E-state index contributed by atoms with van der Waals surface area (Å²) in [7, 11) is -1.53. The number of anilines is 1. The monoisotopic (exact) mass is 651 g/mol. The quantitative estimate of drug-likeness (QED) is 0.394. The highest BCUT2D eigenvalue weighted by atomic mass is 35.5. The average molecular weight is 652 g/mol. The van der Waals surface area contributed by atoms with Crippen molar-refractivity contribution >= 4 is 39.0 Å². The lowest BCUT2D eigenvalue weighted by Crippen LogP contribution is -2.47.